The minimum absolute atomic E-state index is 0. The molecule has 2 heterocycles. The molecule has 5 nitrogen and oxygen atoms in total. The second kappa shape index (κ2) is 14.5. The molecule has 27 heavy (non-hydrogen) atoms. The third kappa shape index (κ3) is 9.00. The van der Waals surface area contributed by atoms with Crippen LogP contribution in [0.15, 0.2) is 22.5 Å². The average Bonchev–Trinajstić information content (AvgIpc) is 3.19. The van der Waals surface area contributed by atoms with Gasteiger partial charge in [0.2, 0.25) is 0 Å². The number of thiophene rings is 1. The van der Waals surface area contributed by atoms with Crippen LogP contribution in [-0.2, 0) is 0 Å². The van der Waals surface area contributed by atoms with Crippen molar-refractivity contribution in [3.8, 4) is 0 Å². The highest BCUT2D eigenvalue weighted by molar-refractivity contribution is 14.0. The van der Waals surface area contributed by atoms with Crippen LogP contribution in [0.4, 0.5) is 5.00 Å². The summed E-state index contributed by atoms with van der Waals surface area (Å²) in [5, 5.41) is 10.7. The second-order valence-electron chi connectivity index (χ2n) is 7.05. The van der Waals surface area contributed by atoms with Gasteiger partial charge in [-0.25, -0.2) is 0 Å². The number of piperidine rings is 1. The Morgan fingerprint density at radius 2 is 1.93 bits per heavy atom. The number of hydrogen-bond acceptors (Lipinski definition) is 4. The van der Waals surface area contributed by atoms with Crippen LogP contribution in [0.5, 0.6) is 0 Å². The van der Waals surface area contributed by atoms with Crippen LogP contribution in [0.25, 0.3) is 0 Å². The fourth-order valence-corrected chi connectivity index (χ4v) is 4.34. The van der Waals surface area contributed by atoms with Crippen LogP contribution >= 0.6 is 35.3 Å². The highest BCUT2D eigenvalue weighted by Crippen LogP contribution is 2.24. The fraction of sp³-hybridized carbons (Fsp3) is 0.750. The van der Waals surface area contributed by atoms with E-state index in [1.54, 1.807) is 0 Å². The minimum Gasteiger partial charge on any atom is -0.363 e. The molecule has 0 aliphatic carbocycles. The lowest BCUT2D eigenvalue weighted by Crippen LogP contribution is -2.49. The fourth-order valence-electron chi connectivity index (χ4n) is 3.56. The van der Waals surface area contributed by atoms with E-state index < -0.39 is 0 Å². The van der Waals surface area contributed by atoms with E-state index in [1.165, 1.54) is 50.3 Å². The van der Waals surface area contributed by atoms with Crippen molar-refractivity contribution in [2.45, 2.75) is 52.0 Å². The van der Waals surface area contributed by atoms with Gasteiger partial charge in [0.15, 0.2) is 5.96 Å². The third-order valence-electron chi connectivity index (χ3n) is 4.90. The molecule has 0 aromatic carbocycles. The molecule has 0 bridgehead atoms. The predicted molar refractivity (Wildman–Crippen MR) is 131 cm³/mol. The molecule has 1 aliphatic rings. The topological polar surface area (TPSA) is 42.9 Å². The summed E-state index contributed by atoms with van der Waals surface area (Å²) in [6.45, 7) is 11.3. The largest absolute Gasteiger partial charge is 0.363 e. The normalized spacial score (nSPS) is 15.7. The molecule has 1 aromatic rings. The maximum Gasteiger partial charge on any atom is 0.191 e. The number of anilines is 1. The summed E-state index contributed by atoms with van der Waals surface area (Å²) in [5.74, 6) is 0.956. The minimum atomic E-state index is 0. The van der Waals surface area contributed by atoms with Crippen LogP contribution in [0.2, 0.25) is 0 Å². The number of rotatable bonds is 10. The van der Waals surface area contributed by atoms with Gasteiger partial charge in [0.1, 0.15) is 0 Å². The number of nitrogens with zero attached hydrogens (tertiary/aromatic N) is 3. The van der Waals surface area contributed by atoms with Gasteiger partial charge in [0.05, 0.1) is 5.00 Å². The zero-order valence-corrected chi connectivity index (χ0v) is 20.4. The summed E-state index contributed by atoms with van der Waals surface area (Å²) in [7, 11) is 1.87. The number of guanidine groups is 1. The van der Waals surface area contributed by atoms with Crippen molar-refractivity contribution in [1.29, 1.82) is 0 Å². The first-order valence-electron chi connectivity index (χ1n) is 10.2. The van der Waals surface area contributed by atoms with Crippen LogP contribution in [0.3, 0.4) is 0 Å². The van der Waals surface area contributed by atoms with Gasteiger partial charge < -0.3 is 20.4 Å². The maximum absolute atomic E-state index is 4.41. The van der Waals surface area contributed by atoms with Gasteiger partial charge in [0.25, 0.3) is 0 Å². The molecular formula is C20H38IN5S. The summed E-state index contributed by atoms with van der Waals surface area (Å²) in [5.41, 5.74) is 0. The standard InChI is InChI=1S/C20H37N5S.HI/c1-4-12-24(13-5-2)14-7-11-22-20(21-3)23-18-9-15-25(16-10-18)19-8-6-17-26-19;/h6,8,17-18H,4-5,7,9-16H2,1-3H3,(H2,21,22,23);1H. The van der Waals surface area contributed by atoms with E-state index >= 15 is 0 Å². The molecule has 7 heteroatoms. The molecule has 1 aliphatic heterocycles. The first kappa shape index (κ1) is 24.5. The quantitative estimate of drug-likeness (QED) is 0.217. The van der Waals surface area contributed by atoms with E-state index in [1.807, 2.05) is 18.4 Å². The maximum atomic E-state index is 4.41. The van der Waals surface area contributed by atoms with Crippen LogP contribution in [-0.4, -0.2) is 63.2 Å². The van der Waals surface area contributed by atoms with Gasteiger partial charge in [-0.3, -0.25) is 4.99 Å². The Labute approximate surface area is 187 Å². The van der Waals surface area contributed by atoms with Crippen LogP contribution in [0, 0.1) is 0 Å². The van der Waals surface area contributed by atoms with E-state index in [9.17, 15) is 0 Å². The average molecular weight is 508 g/mol. The highest BCUT2D eigenvalue weighted by atomic mass is 127. The molecule has 2 rings (SSSR count). The Hall–Kier alpha value is -0.540. The van der Waals surface area contributed by atoms with Gasteiger partial charge in [-0.15, -0.1) is 35.3 Å². The molecule has 0 unspecified atom stereocenters. The van der Waals surface area contributed by atoms with Gasteiger partial charge in [0, 0.05) is 32.7 Å². The van der Waals surface area contributed by atoms with Gasteiger partial charge in [-0.2, -0.15) is 0 Å². The molecule has 1 aromatic heterocycles. The number of nitrogens with one attached hydrogen (secondary N) is 2. The molecule has 1 saturated heterocycles. The first-order valence-corrected chi connectivity index (χ1v) is 11.1. The molecule has 156 valence electrons. The summed E-state index contributed by atoms with van der Waals surface area (Å²) in [6, 6.07) is 4.88. The monoisotopic (exact) mass is 507 g/mol. The molecule has 1 fully saturated rings. The van der Waals surface area contributed by atoms with Gasteiger partial charge >= 0.3 is 0 Å². The number of aliphatic imine (C=N–C) groups is 1. The molecule has 0 radical (unpaired) electrons. The van der Waals surface area contributed by atoms with Crippen molar-refractivity contribution in [1.82, 2.24) is 15.5 Å². The molecule has 0 amide bonds. The third-order valence-corrected chi connectivity index (χ3v) is 5.83. The zero-order chi connectivity index (χ0) is 18.6. The summed E-state index contributed by atoms with van der Waals surface area (Å²) >= 11 is 1.84. The van der Waals surface area contributed by atoms with Gasteiger partial charge in [-0.05, 0) is 69.3 Å². The highest BCUT2D eigenvalue weighted by Gasteiger charge is 2.20. The van der Waals surface area contributed by atoms with Crippen molar-refractivity contribution in [3.63, 3.8) is 0 Å². The van der Waals surface area contributed by atoms with Crippen molar-refractivity contribution < 1.29 is 0 Å². The predicted octanol–water partition coefficient (Wildman–Crippen LogP) is 4.01. The first-order chi connectivity index (χ1) is 12.8. The van der Waals surface area contributed by atoms with E-state index in [0.29, 0.717) is 6.04 Å². The van der Waals surface area contributed by atoms with Crippen LogP contribution < -0.4 is 15.5 Å². The molecule has 0 spiro atoms. The number of hydrogen-bond donors (Lipinski definition) is 2. The van der Waals surface area contributed by atoms with E-state index in [2.05, 4.69) is 56.8 Å². The van der Waals surface area contributed by atoms with Crippen molar-refractivity contribution in [3.05, 3.63) is 17.5 Å². The van der Waals surface area contributed by atoms with E-state index in [4.69, 9.17) is 0 Å². The van der Waals surface area contributed by atoms with E-state index in [0.717, 1.165) is 32.0 Å². The lowest BCUT2D eigenvalue weighted by atomic mass is 10.1. The van der Waals surface area contributed by atoms with Crippen molar-refractivity contribution in [2.24, 2.45) is 4.99 Å². The van der Waals surface area contributed by atoms with Crippen molar-refractivity contribution in [2.75, 3.05) is 51.2 Å². The Morgan fingerprint density at radius 1 is 1.22 bits per heavy atom. The zero-order valence-electron chi connectivity index (χ0n) is 17.2. The van der Waals surface area contributed by atoms with Crippen molar-refractivity contribution >= 4 is 46.3 Å². The van der Waals surface area contributed by atoms with E-state index in [-0.39, 0.29) is 24.0 Å². The molecule has 0 saturated carbocycles. The summed E-state index contributed by atoms with van der Waals surface area (Å²) < 4.78 is 0. The summed E-state index contributed by atoms with van der Waals surface area (Å²) in [6.07, 6.45) is 5.97. The Balaban J connectivity index is 0.00000364. The Kier molecular flexibility index (Phi) is 13.1. The lowest BCUT2D eigenvalue weighted by Gasteiger charge is -2.33. The lowest BCUT2D eigenvalue weighted by molar-refractivity contribution is 0.271. The molecule has 2 N–H and O–H groups in total. The smallest absolute Gasteiger partial charge is 0.191 e. The van der Waals surface area contributed by atoms with Gasteiger partial charge in [-0.1, -0.05) is 13.8 Å². The summed E-state index contributed by atoms with van der Waals surface area (Å²) in [4.78, 5) is 9.47. The SMILES string of the molecule is CCCN(CCC)CCCNC(=NC)NC1CCN(c2cccs2)CC1.I. The Morgan fingerprint density at radius 3 is 2.48 bits per heavy atom. The Bertz CT molecular complexity index is 494. The van der Waals surface area contributed by atoms with Crippen LogP contribution in [0.1, 0.15) is 46.0 Å². The number of halogens is 1. The molecule has 0 atom stereocenters. The molecular weight excluding hydrogens is 469 g/mol. The second-order valence-corrected chi connectivity index (χ2v) is 7.98.